The largest absolute Gasteiger partial charge is 0.507 e. The first-order valence-electron chi connectivity index (χ1n) is 4.94. The molecule has 0 aliphatic carbocycles. The predicted octanol–water partition coefficient (Wildman–Crippen LogP) is 2.14. The Labute approximate surface area is 113 Å². The van der Waals surface area contributed by atoms with Crippen LogP contribution in [0.15, 0.2) is 22.7 Å². The lowest BCUT2D eigenvalue weighted by Crippen LogP contribution is -2.31. The van der Waals surface area contributed by atoms with Gasteiger partial charge in [0.2, 0.25) is 0 Å². The second kappa shape index (κ2) is 6.83. The smallest absolute Gasteiger partial charge is 0.251 e. The Balaban J connectivity index is 2.55. The van der Waals surface area contributed by atoms with Crippen molar-refractivity contribution in [1.29, 1.82) is 0 Å². The fourth-order valence-electron chi connectivity index (χ4n) is 1.20. The molecule has 2 N–H and O–H groups in total. The van der Waals surface area contributed by atoms with Crippen LogP contribution in [-0.2, 0) is 4.74 Å². The molecule has 1 aromatic rings. The minimum atomic E-state index is -0.283. The first-order valence-corrected chi connectivity index (χ1v) is 6.17. The first kappa shape index (κ1) is 14.3. The second-order valence-electron chi connectivity index (χ2n) is 3.43. The highest BCUT2D eigenvalue weighted by Gasteiger charge is 2.10. The van der Waals surface area contributed by atoms with E-state index in [2.05, 4.69) is 21.2 Å². The number of nitrogens with one attached hydrogen (secondary N) is 1. The topological polar surface area (TPSA) is 58.6 Å². The van der Waals surface area contributed by atoms with Gasteiger partial charge in [-0.3, -0.25) is 4.79 Å². The van der Waals surface area contributed by atoms with Crippen LogP contribution in [0.4, 0.5) is 0 Å². The van der Waals surface area contributed by atoms with E-state index in [0.29, 0.717) is 23.2 Å². The van der Waals surface area contributed by atoms with Crippen LogP contribution in [-0.4, -0.2) is 36.7 Å². The maximum Gasteiger partial charge on any atom is 0.251 e. The summed E-state index contributed by atoms with van der Waals surface area (Å²) in [5.41, 5.74) is 0.381. The first-order chi connectivity index (χ1) is 8.04. The van der Waals surface area contributed by atoms with Crippen molar-refractivity contribution in [3.63, 3.8) is 0 Å². The van der Waals surface area contributed by atoms with Crippen molar-refractivity contribution in [3.8, 4) is 5.75 Å². The van der Waals surface area contributed by atoms with Crippen LogP contribution in [0.3, 0.4) is 0 Å². The number of hydrogen-bond acceptors (Lipinski definition) is 3. The van der Waals surface area contributed by atoms with Crippen molar-refractivity contribution in [3.05, 3.63) is 28.2 Å². The third kappa shape index (κ3) is 4.53. The standard InChI is InChI=1S/C11H13BrClNO3/c1-17-6-8(13)5-14-11(16)7-2-3-9(12)10(15)4-7/h2-4,8,15H,5-6H2,1H3,(H,14,16). The molecule has 0 radical (unpaired) electrons. The third-order valence-corrected chi connectivity index (χ3v) is 2.99. The van der Waals surface area contributed by atoms with Gasteiger partial charge in [-0.25, -0.2) is 0 Å². The number of benzene rings is 1. The summed E-state index contributed by atoms with van der Waals surface area (Å²) in [5.74, 6) is -0.258. The van der Waals surface area contributed by atoms with Gasteiger partial charge in [-0.1, -0.05) is 0 Å². The maximum atomic E-state index is 11.7. The lowest BCUT2D eigenvalue weighted by atomic mass is 10.2. The van der Waals surface area contributed by atoms with E-state index in [-0.39, 0.29) is 17.0 Å². The van der Waals surface area contributed by atoms with Crippen LogP contribution < -0.4 is 5.32 Å². The van der Waals surface area contributed by atoms with Gasteiger partial charge >= 0.3 is 0 Å². The molecule has 0 aromatic heterocycles. The lowest BCUT2D eigenvalue weighted by molar-refractivity contribution is 0.0949. The SMILES string of the molecule is COCC(Cl)CNC(=O)c1ccc(Br)c(O)c1. The Morgan fingerprint density at radius 3 is 2.94 bits per heavy atom. The molecular weight excluding hydrogens is 309 g/mol. The quantitative estimate of drug-likeness (QED) is 0.817. The highest BCUT2D eigenvalue weighted by Crippen LogP contribution is 2.24. The number of ether oxygens (including phenoxy) is 1. The highest BCUT2D eigenvalue weighted by molar-refractivity contribution is 9.10. The molecule has 0 saturated heterocycles. The Hall–Kier alpha value is -0.780. The average Bonchev–Trinajstić information content (AvgIpc) is 2.30. The molecule has 0 fully saturated rings. The zero-order chi connectivity index (χ0) is 12.8. The number of carbonyl (C=O) groups is 1. The fourth-order valence-corrected chi connectivity index (χ4v) is 1.65. The zero-order valence-electron chi connectivity index (χ0n) is 9.24. The van der Waals surface area contributed by atoms with Crippen molar-refractivity contribution in [2.75, 3.05) is 20.3 Å². The van der Waals surface area contributed by atoms with Crippen LogP contribution in [0.25, 0.3) is 0 Å². The van der Waals surface area contributed by atoms with Crippen LogP contribution in [0.5, 0.6) is 5.75 Å². The molecular formula is C11H13BrClNO3. The molecule has 0 bridgehead atoms. The average molecular weight is 323 g/mol. The Morgan fingerprint density at radius 2 is 2.35 bits per heavy atom. The molecule has 0 heterocycles. The van der Waals surface area contributed by atoms with Gasteiger partial charge in [0.1, 0.15) is 5.75 Å². The molecule has 1 aromatic carbocycles. The summed E-state index contributed by atoms with van der Waals surface area (Å²) in [6.07, 6.45) is 0. The summed E-state index contributed by atoms with van der Waals surface area (Å²) in [4.78, 5) is 11.7. The van der Waals surface area contributed by atoms with Gasteiger partial charge in [0, 0.05) is 19.2 Å². The number of alkyl halides is 1. The zero-order valence-corrected chi connectivity index (χ0v) is 11.6. The molecule has 4 nitrogen and oxygen atoms in total. The van der Waals surface area contributed by atoms with Crippen molar-refractivity contribution < 1.29 is 14.6 Å². The van der Waals surface area contributed by atoms with Gasteiger partial charge in [0.15, 0.2) is 0 Å². The number of aromatic hydroxyl groups is 1. The van der Waals surface area contributed by atoms with E-state index in [1.807, 2.05) is 0 Å². The maximum absolute atomic E-state index is 11.7. The summed E-state index contributed by atoms with van der Waals surface area (Å²) < 4.78 is 5.39. The third-order valence-electron chi connectivity index (χ3n) is 2.04. The number of rotatable bonds is 5. The van der Waals surface area contributed by atoms with Gasteiger partial charge in [-0.05, 0) is 34.1 Å². The summed E-state index contributed by atoms with van der Waals surface area (Å²) in [7, 11) is 1.55. The van der Waals surface area contributed by atoms with Crippen LogP contribution >= 0.6 is 27.5 Å². The van der Waals surface area contributed by atoms with Gasteiger partial charge in [0.25, 0.3) is 5.91 Å². The Kier molecular flexibility index (Phi) is 5.74. The molecule has 0 saturated carbocycles. The monoisotopic (exact) mass is 321 g/mol. The number of halogens is 2. The Bertz CT molecular complexity index is 400. The number of carbonyl (C=O) groups excluding carboxylic acids is 1. The lowest BCUT2D eigenvalue weighted by Gasteiger charge is -2.10. The molecule has 6 heteroatoms. The number of phenolic OH excluding ortho intramolecular Hbond substituents is 1. The van der Waals surface area contributed by atoms with Gasteiger partial charge in [0.05, 0.1) is 16.5 Å². The minimum Gasteiger partial charge on any atom is -0.507 e. The predicted molar refractivity (Wildman–Crippen MR) is 69.7 cm³/mol. The summed E-state index contributed by atoms with van der Waals surface area (Å²) in [6.45, 7) is 0.679. The van der Waals surface area contributed by atoms with E-state index < -0.39 is 0 Å². The van der Waals surface area contributed by atoms with Crippen molar-refractivity contribution in [2.24, 2.45) is 0 Å². The second-order valence-corrected chi connectivity index (χ2v) is 4.90. The van der Waals surface area contributed by atoms with E-state index in [4.69, 9.17) is 16.3 Å². The Morgan fingerprint density at radius 1 is 1.65 bits per heavy atom. The summed E-state index contributed by atoms with van der Waals surface area (Å²) in [6, 6.07) is 4.61. The molecule has 1 atom stereocenters. The van der Waals surface area contributed by atoms with E-state index >= 15 is 0 Å². The van der Waals surface area contributed by atoms with Crippen molar-refractivity contribution >= 4 is 33.4 Å². The van der Waals surface area contributed by atoms with Gasteiger partial charge in [-0.15, -0.1) is 11.6 Å². The number of methoxy groups -OCH3 is 1. The minimum absolute atomic E-state index is 0.0250. The van der Waals surface area contributed by atoms with E-state index in [0.717, 1.165) is 0 Å². The van der Waals surface area contributed by atoms with E-state index in [1.165, 1.54) is 6.07 Å². The van der Waals surface area contributed by atoms with Crippen molar-refractivity contribution in [1.82, 2.24) is 5.32 Å². The number of phenols is 1. The van der Waals surface area contributed by atoms with Crippen LogP contribution in [0.2, 0.25) is 0 Å². The summed E-state index contributed by atoms with van der Waals surface area (Å²) >= 11 is 9.01. The molecule has 17 heavy (non-hydrogen) atoms. The van der Waals surface area contributed by atoms with Crippen molar-refractivity contribution in [2.45, 2.75) is 5.38 Å². The van der Waals surface area contributed by atoms with Gasteiger partial charge < -0.3 is 15.2 Å². The molecule has 1 rings (SSSR count). The highest BCUT2D eigenvalue weighted by atomic mass is 79.9. The van der Waals surface area contributed by atoms with E-state index in [9.17, 15) is 9.90 Å². The molecule has 1 unspecified atom stereocenters. The van der Waals surface area contributed by atoms with Crippen LogP contribution in [0.1, 0.15) is 10.4 Å². The number of hydrogen-bond donors (Lipinski definition) is 2. The number of amides is 1. The normalized spacial score (nSPS) is 12.2. The molecule has 94 valence electrons. The molecule has 0 spiro atoms. The van der Waals surface area contributed by atoms with Gasteiger partial charge in [-0.2, -0.15) is 0 Å². The van der Waals surface area contributed by atoms with E-state index in [1.54, 1.807) is 19.2 Å². The molecule has 0 aliphatic rings. The summed E-state index contributed by atoms with van der Waals surface area (Å²) in [5, 5.41) is 11.8. The molecule has 0 aliphatic heterocycles. The fraction of sp³-hybridized carbons (Fsp3) is 0.364. The van der Waals surface area contributed by atoms with Crippen LogP contribution in [0, 0.1) is 0 Å². The molecule has 1 amide bonds.